The van der Waals surface area contributed by atoms with E-state index in [0.717, 1.165) is 26.2 Å². The van der Waals surface area contributed by atoms with Gasteiger partial charge in [0.15, 0.2) is 0 Å². The van der Waals surface area contributed by atoms with Crippen molar-refractivity contribution in [3.63, 3.8) is 0 Å². The van der Waals surface area contributed by atoms with E-state index in [1.165, 1.54) is 11.9 Å². The van der Waals surface area contributed by atoms with Crippen LogP contribution in [-0.4, -0.2) is 62.7 Å². The van der Waals surface area contributed by atoms with Gasteiger partial charge in [0.05, 0.1) is 18.6 Å². The first kappa shape index (κ1) is 29.8. The third-order valence-electron chi connectivity index (χ3n) is 6.90. The van der Waals surface area contributed by atoms with E-state index < -0.39 is 28.5 Å². The van der Waals surface area contributed by atoms with Gasteiger partial charge in [-0.2, -0.15) is 4.31 Å². The molecular formula is C32H35N3O5S. The van der Waals surface area contributed by atoms with Crippen LogP contribution in [0.3, 0.4) is 0 Å². The molecule has 0 spiro atoms. The number of likely N-dealkylation sites (N-methyl/N-ethyl adjacent to an activating group) is 2. The molecule has 2 amide bonds. The van der Waals surface area contributed by atoms with Crippen LogP contribution in [0.4, 0.5) is 0 Å². The van der Waals surface area contributed by atoms with E-state index in [0.29, 0.717) is 12.3 Å². The number of hydrogen-bond donors (Lipinski definition) is 1. The fourth-order valence-electron chi connectivity index (χ4n) is 4.69. The van der Waals surface area contributed by atoms with Crippen molar-refractivity contribution in [1.82, 2.24) is 14.5 Å². The molecule has 0 unspecified atom stereocenters. The highest BCUT2D eigenvalue weighted by atomic mass is 32.2. The lowest BCUT2D eigenvalue weighted by atomic mass is 10.0. The number of carbonyl (C=O) groups is 2. The molecule has 0 aliphatic rings. The third kappa shape index (κ3) is 7.31. The van der Waals surface area contributed by atoms with Gasteiger partial charge in [-0.15, -0.1) is 0 Å². The largest absolute Gasteiger partial charge is 0.497 e. The number of ether oxygens (including phenoxy) is 1. The average Bonchev–Trinajstić information content (AvgIpc) is 2.99. The van der Waals surface area contributed by atoms with Gasteiger partial charge < -0.3 is 15.0 Å². The molecular weight excluding hydrogens is 538 g/mol. The summed E-state index contributed by atoms with van der Waals surface area (Å²) in [6.07, 6.45) is 0.267. The maximum atomic E-state index is 14.0. The molecule has 8 nitrogen and oxygen atoms in total. The molecule has 1 atom stereocenters. The first-order chi connectivity index (χ1) is 19.7. The summed E-state index contributed by atoms with van der Waals surface area (Å²) in [5.41, 5.74) is 1.63. The summed E-state index contributed by atoms with van der Waals surface area (Å²) in [5.74, 6) is -0.192. The Balaban J connectivity index is 1.67. The number of rotatable bonds is 12. The van der Waals surface area contributed by atoms with Crippen LogP contribution in [0.2, 0.25) is 0 Å². The maximum Gasteiger partial charge on any atom is 0.243 e. The molecule has 0 fully saturated rings. The Hall–Kier alpha value is -4.21. The molecule has 0 saturated heterocycles. The molecule has 0 aromatic heterocycles. The summed E-state index contributed by atoms with van der Waals surface area (Å²) in [6.45, 7) is 1.86. The average molecular weight is 574 g/mol. The predicted octanol–water partition coefficient (Wildman–Crippen LogP) is 4.25. The topological polar surface area (TPSA) is 96.0 Å². The molecule has 0 radical (unpaired) electrons. The number of nitrogens with zero attached hydrogens (tertiary/aromatic N) is 2. The van der Waals surface area contributed by atoms with Gasteiger partial charge in [-0.05, 0) is 53.1 Å². The molecule has 9 heteroatoms. The lowest BCUT2D eigenvalue weighted by Gasteiger charge is -2.32. The number of methoxy groups -OCH3 is 1. The Morgan fingerprint density at radius 1 is 0.854 bits per heavy atom. The monoisotopic (exact) mass is 573 g/mol. The van der Waals surface area contributed by atoms with Crippen LogP contribution in [0.25, 0.3) is 10.8 Å². The fourth-order valence-corrected chi connectivity index (χ4v) is 5.84. The molecule has 0 aliphatic heterocycles. The predicted molar refractivity (Wildman–Crippen MR) is 160 cm³/mol. The smallest absolute Gasteiger partial charge is 0.243 e. The molecule has 0 bridgehead atoms. The van der Waals surface area contributed by atoms with E-state index >= 15 is 0 Å². The zero-order valence-corrected chi connectivity index (χ0v) is 24.3. The zero-order chi connectivity index (χ0) is 29.4. The highest BCUT2D eigenvalue weighted by molar-refractivity contribution is 7.89. The second kappa shape index (κ2) is 13.4. The van der Waals surface area contributed by atoms with E-state index in [4.69, 9.17) is 4.74 Å². The summed E-state index contributed by atoms with van der Waals surface area (Å²) in [7, 11) is -1.06. The minimum atomic E-state index is -3.99. The van der Waals surface area contributed by atoms with E-state index in [1.54, 1.807) is 37.4 Å². The number of nitrogens with one attached hydrogen (secondary N) is 1. The van der Waals surface area contributed by atoms with Crippen molar-refractivity contribution in [2.75, 3.05) is 27.2 Å². The normalized spacial score (nSPS) is 12.2. The first-order valence-electron chi connectivity index (χ1n) is 13.4. The van der Waals surface area contributed by atoms with Crippen molar-refractivity contribution in [3.05, 3.63) is 108 Å². The second-order valence-corrected chi connectivity index (χ2v) is 11.8. The van der Waals surface area contributed by atoms with Crippen LogP contribution in [-0.2, 0) is 32.6 Å². The van der Waals surface area contributed by atoms with Crippen LogP contribution in [0.1, 0.15) is 18.1 Å². The molecule has 1 N–H and O–H groups in total. The number of hydrogen-bond acceptors (Lipinski definition) is 5. The van der Waals surface area contributed by atoms with Crippen LogP contribution in [0.15, 0.2) is 102 Å². The van der Waals surface area contributed by atoms with Crippen LogP contribution < -0.4 is 10.1 Å². The minimum Gasteiger partial charge on any atom is -0.497 e. The highest BCUT2D eigenvalue weighted by Crippen LogP contribution is 2.23. The Kier molecular flexibility index (Phi) is 9.75. The van der Waals surface area contributed by atoms with Crippen LogP contribution in [0, 0.1) is 0 Å². The number of benzene rings is 4. The van der Waals surface area contributed by atoms with Gasteiger partial charge in [0.2, 0.25) is 21.8 Å². The molecule has 0 aliphatic carbocycles. The standard InChI is InChI=1S/C32H35N3O5S/c1-4-33-32(37)30(20-24-11-6-5-7-12-24)35(22-25-13-10-16-28(19-25)40-3)31(36)23-34(2)41(38,39)29-18-17-26-14-8-9-15-27(26)21-29/h5-19,21,30H,4,20,22-23H2,1-3H3,(H,33,37)/t30-/m0/s1. The SMILES string of the molecule is CCNC(=O)[C@H](Cc1ccccc1)N(Cc1cccc(OC)c1)C(=O)CN(C)S(=O)(=O)c1ccc2ccccc2c1. The molecule has 41 heavy (non-hydrogen) atoms. The van der Waals surface area contributed by atoms with E-state index in [9.17, 15) is 18.0 Å². The molecule has 0 saturated carbocycles. The van der Waals surface area contributed by atoms with Crippen LogP contribution >= 0.6 is 0 Å². The van der Waals surface area contributed by atoms with Gasteiger partial charge in [-0.3, -0.25) is 9.59 Å². The van der Waals surface area contributed by atoms with E-state index in [1.807, 2.05) is 73.7 Å². The summed E-state index contributed by atoms with van der Waals surface area (Å²) in [6, 6.07) is 28.2. The highest BCUT2D eigenvalue weighted by Gasteiger charge is 2.33. The van der Waals surface area contributed by atoms with Gasteiger partial charge in [0, 0.05) is 26.6 Å². The first-order valence-corrected chi connectivity index (χ1v) is 14.9. The summed E-state index contributed by atoms with van der Waals surface area (Å²) < 4.78 is 33.5. The maximum absolute atomic E-state index is 14.0. The lowest BCUT2D eigenvalue weighted by molar-refractivity contribution is -0.141. The van der Waals surface area contributed by atoms with Gasteiger partial charge in [0.25, 0.3) is 0 Å². The number of amides is 2. The summed E-state index contributed by atoms with van der Waals surface area (Å²) in [5, 5.41) is 4.55. The Bertz CT molecular complexity index is 1610. The van der Waals surface area contributed by atoms with Gasteiger partial charge in [-0.25, -0.2) is 8.42 Å². The molecule has 4 aromatic rings. The molecule has 4 rings (SSSR count). The van der Waals surface area contributed by atoms with Crippen molar-refractivity contribution >= 4 is 32.6 Å². The van der Waals surface area contributed by atoms with Gasteiger partial charge in [-0.1, -0.05) is 72.8 Å². The van der Waals surface area contributed by atoms with Crippen molar-refractivity contribution in [2.45, 2.75) is 30.8 Å². The Morgan fingerprint density at radius 3 is 2.24 bits per heavy atom. The Labute approximate surface area is 241 Å². The number of sulfonamides is 1. The minimum absolute atomic E-state index is 0.0918. The van der Waals surface area contributed by atoms with Crippen LogP contribution in [0.5, 0.6) is 5.75 Å². The van der Waals surface area contributed by atoms with Crippen molar-refractivity contribution in [3.8, 4) is 5.75 Å². The number of carbonyl (C=O) groups excluding carboxylic acids is 2. The van der Waals surface area contributed by atoms with Crippen molar-refractivity contribution < 1.29 is 22.7 Å². The van der Waals surface area contributed by atoms with Gasteiger partial charge in [0.1, 0.15) is 11.8 Å². The fraction of sp³-hybridized carbons (Fsp3) is 0.250. The summed E-state index contributed by atoms with van der Waals surface area (Å²) in [4.78, 5) is 28.9. The van der Waals surface area contributed by atoms with E-state index in [2.05, 4.69) is 5.32 Å². The van der Waals surface area contributed by atoms with Crippen molar-refractivity contribution in [1.29, 1.82) is 0 Å². The third-order valence-corrected chi connectivity index (χ3v) is 8.70. The molecule has 214 valence electrons. The Morgan fingerprint density at radius 2 is 1.54 bits per heavy atom. The molecule has 4 aromatic carbocycles. The van der Waals surface area contributed by atoms with Crippen molar-refractivity contribution in [2.24, 2.45) is 0 Å². The quantitative estimate of drug-likeness (QED) is 0.274. The van der Waals surface area contributed by atoms with Gasteiger partial charge >= 0.3 is 0 Å². The summed E-state index contributed by atoms with van der Waals surface area (Å²) >= 11 is 0. The van der Waals surface area contributed by atoms with E-state index in [-0.39, 0.29) is 23.8 Å². The zero-order valence-electron chi connectivity index (χ0n) is 23.5. The molecule has 0 heterocycles. The lowest BCUT2D eigenvalue weighted by Crippen LogP contribution is -2.53. The second-order valence-electron chi connectivity index (χ2n) is 9.74. The number of fused-ring (bicyclic) bond motifs is 1.